The van der Waals surface area contributed by atoms with E-state index in [2.05, 4.69) is 11.1 Å². The molecule has 1 amide bonds. The van der Waals surface area contributed by atoms with Gasteiger partial charge >= 0.3 is 0 Å². The lowest BCUT2D eigenvalue weighted by Gasteiger charge is -2.23. The summed E-state index contributed by atoms with van der Waals surface area (Å²) in [5.74, 6) is 0.0145. The second kappa shape index (κ2) is 6.89. The third kappa shape index (κ3) is 3.46. The first-order valence-electron chi connectivity index (χ1n) is 7.67. The fourth-order valence-corrected chi connectivity index (χ4v) is 2.88. The van der Waals surface area contributed by atoms with E-state index in [0.29, 0.717) is 5.56 Å². The predicted octanol–water partition coefficient (Wildman–Crippen LogP) is 3.33. The van der Waals surface area contributed by atoms with Crippen LogP contribution in [0.2, 0.25) is 0 Å². The molecule has 4 nitrogen and oxygen atoms in total. The highest BCUT2D eigenvalue weighted by Crippen LogP contribution is 2.31. The Labute approximate surface area is 135 Å². The summed E-state index contributed by atoms with van der Waals surface area (Å²) in [6.45, 7) is 0.774. The molecule has 0 aliphatic carbocycles. The lowest BCUT2D eigenvalue weighted by atomic mass is 10.1. The summed E-state index contributed by atoms with van der Waals surface area (Å²) in [6.07, 6.45) is 8.96. The minimum Gasteiger partial charge on any atom is -0.332 e. The number of likely N-dealkylation sites (tertiary alicyclic amines) is 1. The monoisotopic (exact) mass is 303 g/mol. The number of pyridine rings is 1. The Kier molecular flexibility index (Phi) is 4.49. The fourth-order valence-electron chi connectivity index (χ4n) is 2.88. The van der Waals surface area contributed by atoms with Crippen LogP contribution in [0.5, 0.6) is 0 Å². The SMILES string of the molecule is N#Cc1ccc(/C=C/C(=O)N2CCC[C@H]2c2cccnc2)cc1. The zero-order valence-electron chi connectivity index (χ0n) is 12.7. The second-order valence-corrected chi connectivity index (χ2v) is 5.54. The van der Waals surface area contributed by atoms with Gasteiger partial charge in [0, 0.05) is 25.0 Å². The van der Waals surface area contributed by atoms with Gasteiger partial charge in [0.25, 0.3) is 0 Å². The van der Waals surface area contributed by atoms with Crippen LogP contribution >= 0.6 is 0 Å². The molecule has 2 heterocycles. The zero-order chi connectivity index (χ0) is 16.1. The summed E-state index contributed by atoms with van der Waals surface area (Å²) in [4.78, 5) is 18.5. The first kappa shape index (κ1) is 15.0. The summed E-state index contributed by atoms with van der Waals surface area (Å²) >= 11 is 0. The Bertz CT molecular complexity index is 744. The van der Waals surface area contributed by atoms with Gasteiger partial charge < -0.3 is 4.90 Å². The summed E-state index contributed by atoms with van der Waals surface area (Å²) in [6, 6.07) is 13.3. The quantitative estimate of drug-likeness (QED) is 0.817. The van der Waals surface area contributed by atoms with Gasteiger partial charge in [0.1, 0.15) is 0 Å². The van der Waals surface area contributed by atoms with E-state index in [1.54, 1.807) is 30.5 Å². The van der Waals surface area contributed by atoms with Crippen LogP contribution in [0.25, 0.3) is 6.08 Å². The third-order valence-electron chi connectivity index (χ3n) is 4.06. The molecule has 2 aromatic rings. The van der Waals surface area contributed by atoms with Crippen molar-refractivity contribution in [3.63, 3.8) is 0 Å². The van der Waals surface area contributed by atoms with Crippen molar-refractivity contribution in [2.24, 2.45) is 0 Å². The van der Waals surface area contributed by atoms with Crippen LogP contribution in [0.3, 0.4) is 0 Å². The molecule has 1 aliphatic heterocycles. The molecule has 1 aliphatic rings. The van der Waals surface area contributed by atoms with Crippen molar-refractivity contribution < 1.29 is 4.79 Å². The smallest absolute Gasteiger partial charge is 0.247 e. The molecule has 0 radical (unpaired) electrons. The van der Waals surface area contributed by atoms with E-state index in [9.17, 15) is 4.79 Å². The van der Waals surface area contributed by atoms with Crippen LogP contribution in [0.4, 0.5) is 0 Å². The Morgan fingerprint density at radius 2 is 2.13 bits per heavy atom. The minimum atomic E-state index is 0.0145. The lowest BCUT2D eigenvalue weighted by Crippen LogP contribution is -2.28. The van der Waals surface area contributed by atoms with E-state index in [1.165, 1.54) is 0 Å². The van der Waals surface area contributed by atoms with E-state index < -0.39 is 0 Å². The van der Waals surface area contributed by atoms with E-state index in [1.807, 2.05) is 35.4 Å². The van der Waals surface area contributed by atoms with Crippen LogP contribution in [-0.4, -0.2) is 22.3 Å². The van der Waals surface area contributed by atoms with Gasteiger partial charge in [-0.15, -0.1) is 0 Å². The number of rotatable bonds is 3. The number of amides is 1. The molecule has 0 bridgehead atoms. The molecule has 0 saturated carbocycles. The Hall–Kier alpha value is -2.93. The lowest BCUT2D eigenvalue weighted by molar-refractivity contribution is -0.126. The summed E-state index contributed by atoms with van der Waals surface area (Å²) in [5.41, 5.74) is 2.62. The van der Waals surface area contributed by atoms with Gasteiger partial charge in [-0.25, -0.2) is 0 Å². The number of carbonyl (C=O) groups is 1. The molecular formula is C19H17N3O. The van der Waals surface area contributed by atoms with Gasteiger partial charge in [-0.05, 0) is 48.2 Å². The molecule has 0 N–H and O–H groups in total. The molecule has 1 saturated heterocycles. The Morgan fingerprint density at radius 3 is 2.83 bits per heavy atom. The van der Waals surface area contributed by atoms with Gasteiger partial charge in [-0.1, -0.05) is 18.2 Å². The van der Waals surface area contributed by atoms with Crippen molar-refractivity contribution in [2.45, 2.75) is 18.9 Å². The Morgan fingerprint density at radius 1 is 1.30 bits per heavy atom. The summed E-state index contributed by atoms with van der Waals surface area (Å²) in [5, 5.41) is 8.79. The number of aromatic nitrogens is 1. The van der Waals surface area contributed by atoms with Gasteiger partial charge in [-0.3, -0.25) is 9.78 Å². The maximum Gasteiger partial charge on any atom is 0.247 e. The number of nitriles is 1. The molecule has 4 heteroatoms. The first-order chi connectivity index (χ1) is 11.3. The fraction of sp³-hybridized carbons (Fsp3) is 0.211. The molecule has 1 aromatic heterocycles. The van der Waals surface area contributed by atoms with E-state index >= 15 is 0 Å². The maximum absolute atomic E-state index is 12.5. The van der Waals surface area contributed by atoms with Gasteiger partial charge in [0.2, 0.25) is 5.91 Å². The van der Waals surface area contributed by atoms with Crippen LogP contribution in [0.1, 0.15) is 35.6 Å². The minimum absolute atomic E-state index is 0.0145. The van der Waals surface area contributed by atoms with Crippen molar-refractivity contribution in [3.05, 3.63) is 71.6 Å². The standard InChI is InChI=1S/C19H17N3O/c20-13-16-7-5-15(6-8-16)9-10-19(23)22-12-2-4-18(22)17-3-1-11-21-14-17/h1,3,5-11,14,18H,2,4,12H2/b10-9+/t18-/m0/s1. The number of hydrogen-bond acceptors (Lipinski definition) is 3. The zero-order valence-corrected chi connectivity index (χ0v) is 12.7. The van der Waals surface area contributed by atoms with Crippen LogP contribution in [0.15, 0.2) is 54.9 Å². The van der Waals surface area contributed by atoms with Crippen molar-refractivity contribution in [2.75, 3.05) is 6.54 Å². The molecule has 1 fully saturated rings. The predicted molar refractivity (Wildman–Crippen MR) is 88.1 cm³/mol. The number of nitrogens with zero attached hydrogens (tertiary/aromatic N) is 3. The van der Waals surface area contributed by atoms with E-state index in [-0.39, 0.29) is 11.9 Å². The molecule has 114 valence electrons. The van der Waals surface area contributed by atoms with Crippen LogP contribution < -0.4 is 0 Å². The summed E-state index contributed by atoms with van der Waals surface area (Å²) in [7, 11) is 0. The molecule has 1 aromatic carbocycles. The molecule has 1 atom stereocenters. The number of benzene rings is 1. The topological polar surface area (TPSA) is 57.0 Å². The average Bonchev–Trinajstić information content (AvgIpc) is 3.11. The van der Waals surface area contributed by atoms with Crippen LogP contribution in [-0.2, 0) is 4.79 Å². The van der Waals surface area contributed by atoms with Gasteiger partial charge in [-0.2, -0.15) is 5.26 Å². The average molecular weight is 303 g/mol. The van der Waals surface area contributed by atoms with Crippen molar-refractivity contribution >= 4 is 12.0 Å². The van der Waals surface area contributed by atoms with Crippen LogP contribution in [0, 0.1) is 11.3 Å². The molecule has 23 heavy (non-hydrogen) atoms. The Balaban J connectivity index is 1.71. The highest BCUT2D eigenvalue weighted by Gasteiger charge is 2.28. The van der Waals surface area contributed by atoms with Gasteiger partial charge in [0.15, 0.2) is 0 Å². The molecular weight excluding hydrogens is 286 g/mol. The van der Waals surface area contributed by atoms with Crippen molar-refractivity contribution in [1.29, 1.82) is 5.26 Å². The molecule has 3 rings (SSSR count). The number of carbonyl (C=O) groups excluding carboxylic acids is 1. The highest BCUT2D eigenvalue weighted by atomic mass is 16.2. The normalized spacial score (nSPS) is 17.3. The van der Waals surface area contributed by atoms with Gasteiger partial charge in [0.05, 0.1) is 17.7 Å². The second-order valence-electron chi connectivity index (χ2n) is 5.54. The third-order valence-corrected chi connectivity index (χ3v) is 4.06. The maximum atomic E-state index is 12.5. The largest absolute Gasteiger partial charge is 0.332 e. The van der Waals surface area contributed by atoms with Crippen molar-refractivity contribution in [3.8, 4) is 6.07 Å². The van der Waals surface area contributed by atoms with E-state index in [0.717, 1.165) is 30.5 Å². The molecule has 0 spiro atoms. The summed E-state index contributed by atoms with van der Waals surface area (Å²) < 4.78 is 0. The van der Waals surface area contributed by atoms with Crippen molar-refractivity contribution in [1.82, 2.24) is 9.88 Å². The van der Waals surface area contributed by atoms with E-state index in [4.69, 9.17) is 5.26 Å². The molecule has 0 unspecified atom stereocenters. The highest BCUT2D eigenvalue weighted by molar-refractivity contribution is 5.92. The number of hydrogen-bond donors (Lipinski definition) is 0. The first-order valence-corrected chi connectivity index (χ1v) is 7.67.